The maximum absolute atomic E-state index is 6.13. The molecule has 0 atom stereocenters. The van der Waals surface area contributed by atoms with Crippen molar-refractivity contribution >= 4 is 45.6 Å². The number of aromatic nitrogens is 1. The first kappa shape index (κ1) is 15.2. The Morgan fingerprint density at radius 3 is 2.90 bits per heavy atom. The van der Waals surface area contributed by atoms with Crippen molar-refractivity contribution in [1.82, 2.24) is 4.37 Å². The minimum atomic E-state index is 0.420. The zero-order valence-corrected chi connectivity index (χ0v) is 13.3. The quantitative estimate of drug-likeness (QED) is 0.837. The van der Waals surface area contributed by atoms with E-state index in [9.17, 15) is 0 Å². The summed E-state index contributed by atoms with van der Waals surface area (Å²) in [4.78, 5) is 0. The number of rotatable bonds is 6. The van der Waals surface area contributed by atoms with Gasteiger partial charge in [0.25, 0.3) is 0 Å². The van der Waals surface area contributed by atoms with Crippen molar-refractivity contribution in [2.75, 3.05) is 24.2 Å². The van der Waals surface area contributed by atoms with Crippen molar-refractivity contribution in [2.45, 2.75) is 13.3 Å². The second-order valence-corrected chi connectivity index (χ2v) is 5.69. The minimum Gasteiger partial charge on any atom is -0.487 e. The standard InChI is InChI=1S/C13H15Cl2N3OS/c1-2-19-11-12(16)18-20-13(11)17-6-5-8-3-4-9(14)7-10(8)15/h3-4,7,17H,2,5-6H2,1H3,(H2,16,18). The molecule has 0 fully saturated rings. The van der Waals surface area contributed by atoms with Gasteiger partial charge >= 0.3 is 0 Å². The van der Waals surface area contributed by atoms with E-state index < -0.39 is 0 Å². The van der Waals surface area contributed by atoms with E-state index >= 15 is 0 Å². The molecule has 1 heterocycles. The summed E-state index contributed by atoms with van der Waals surface area (Å²) in [6.07, 6.45) is 0.777. The highest BCUT2D eigenvalue weighted by atomic mass is 35.5. The van der Waals surface area contributed by atoms with E-state index in [4.69, 9.17) is 33.7 Å². The SMILES string of the molecule is CCOc1c(N)nsc1NCCc1ccc(Cl)cc1Cl. The number of nitrogen functional groups attached to an aromatic ring is 1. The Bertz CT molecular complexity index is 589. The minimum absolute atomic E-state index is 0.420. The number of nitrogens with one attached hydrogen (secondary N) is 1. The van der Waals surface area contributed by atoms with Crippen LogP contribution >= 0.6 is 34.7 Å². The van der Waals surface area contributed by atoms with Crippen molar-refractivity contribution in [3.63, 3.8) is 0 Å². The molecule has 0 saturated heterocycles. The van der Waals surface area contributed by atoms with Gasteiger partial charge in [-0.25, -0.2) is 0 Å². The van der Waals surface area contributed by atoms with Crippen LogP contribution in [-0.2, 0) is 6.42 Å². The molecule has 0 unspecified atom stereocenters. The number of hydrogen-bond acceptors (Lipinski definition) is 5. The van der Waals surface area contributed by atoms with Gasteiger partial charge < -0.3 is 15.8 Å². The lowest BCUT2D eigenvalue weighted by Gasteiger charge is -2.08. The Balaban J connectivity index is 1.96. The zero-order valence-electron chi connectivity index (χ0n) is 11.0. The molecule has 1 aromatic carbocycles. The van der Waals surface area contributed by atoms with Gasteiger partial charge in [0.05, 0.1) is 6.61 Å². The van der Waals surface area contributed by atoms with Gasteiger partial charge in [-0.3, -0.25) is 0 Å². The van der Waals surface area contributed by atoms with E-state index in [0.717, 1.165) is 17.0 Å². The molecule has 4 nitrogen and oxygen atoms in total. The average Bonchev–Trinajstić information content (AvgIpc) is 2.75. The molecule has 7 heteroatoms. The molecule has 2 rings (SSSR count). The molecule has 0 aliphatic carbocycles. The van der Waals surface area contributed by atoms with Gasteiger partial charge in [0.15, 0.2) is 16.6 Å². The molecule has 20 heavy (non-hydrogen) atoms. The van der Waals surface area contributed by atoms with Crippen LogP contribution in [0.25, 0.3) is 0 Å². The van der Waals surface area contributed by atoms with Gasteiger partial charge in [-0.15, -0.1) is 0 Å². The maximum atomic E-state index is 6.13. The number of halogens is 2. The number of nitrogens with zero attached hydrogens (tertiary/aromatic N) is 1. The van der Waals surface area contributed by atoms with E-state index in [1.165, 1.54) is 11.5 Å². The fraction of sp³-hybridized carbons (Fsp3) is 0.308. The van der Waals surface area contributed by atoms with Crippen LogP contribution in [0, 0.1) is 0 Å². The van der Waals surface area contributed by atoms with Gasteiger partial charge in [-0.2, -0.15) is 4.37 Å². The first-order valence-electron chi connectivity index (χ1n) is 6.17. The van der Waals surface area contributed by atoms with Crippen LogP contribution in [-0.4, -0.2) is 17.5 Å². The average molecular weight is 332 g/mol. The highest BCUT2D eigenvalue weighted by Crippen LogP contribution is 2.35. The molecular weight excluding hydrogens is 317 g/mol. The summed E-state index contributed by atoms with van der Waals surface area (Å²) in [5, 5.41) is 5.42. The Morgan fingerprint density at radius 1 is 1.40 bits per heavy atom. The fourth-order valence-electron chi connectivity index (χ4n) is 1.73. The Labute approximate surface area is 132 Å². The lowest BCUT2D eigenvalue weighted by molar-refractivity contribution is 0.344. The summed E-state index contributed by atoms with van der Waals surface area (Å²) in [7, 11) is 0. The lowest BCUT2D eigenvalue weighted by Crippen LogP contribution is -2.06. The van der Waals surface area contributed by atoms with Crippen LogP contribution in [0.4, 0.5) is 10.8 Å². The van der Waals surface area contributed by atoms with E-state index in [1.807, 2.05) is 19.1 Å². The van der Waals surface area contributed by atoms with E-state index in [2.05, 4.69) is 9.69 Å². The van der Waals surface area contributed by atoms with Gasteiger partial charge in [-0.05, 0) is 42.6 Å². The highest BCUT2D eigenvalue weighted by Gasteiger charge is 2.12. The van der Waals surface area contributed by atoms with E-state index in [-0.39, 0.29) is 0 Å². The Hall–Kier alpha value is -1.17. The number of hydrogen-bond donors (Lipinski definition) is 2. The smallest absolute Gasteiger partial charge is 0.197 e. The largest absolute Gasteiger partial charge is 0.487 e. The lowest BCUT2D eigenvalue weighted by atomic mass is 10.1. The predicted molar refractivity (Wildman–Crippen MR) is 86.4 cm³/mol. The van der Waals surface area contributed by atoms with Crippen LogP contribution in [0.15, 0.2) is 18.2 Å². The third-order valence-electron chi connectivity index (χ3n) is 2.66. The van der Waals surface area contributed by atoms with Crippen LogP contribution in [0.2, 0.25) is 10.0 Å². The highest BCUT2D eigenvalue weighted by molar-refractivity contribution is 7.11. The molecule has 0 spiro atoms. The molecule has 0 bridgehead atoms. The topological polar surface area (TPSA) is 60.2 Å². The number of nitrogens with two attached hydrogens (primary N) is 1. The fourth-order valence-corrected chi connectivity index (χ4v) is 2.91. The van der Waals surface area contributed by atoms with Crippen molar-refractivity contribution in [3.05, 3.63) is 33.8 Å². The van der Waals surface area contributed by atoms with Gasteiger partial charge in [0.2, 0.25) is 0 Å². The van der Waals surface area contributed by atoms with Gasteiger partial charge in [-0.1, -0.05) is 29.3 Å². The van der Waals surface area contributed by atoms with Crippen molar-refractivity contribution in [1.29, 1.82) is 0 Å². The number of benzene rings is 1. The number of anilines is 2. The molecule has 1 aromatic heterocycles. The molecule has 0 aliphatic rings. The molecule has 2 aromatic rings. The van der Waals surface area contributed by atoms with Crippen LogP contribution < -0.4 is 15.8 Å². The van der Waals surface area contributed by atoms with Crippen LogP contribution in [0.5, 0.6) is 5.75 Å². The Kier molecular flexibility index (Phi) is 5.34. The third-order valence-corrected chi connectivity index (χ3v) is 4.05. The Morgan fingerprint density at radius 2 is 2.20 bits per heavy atom. The zero-order chi connectivity index (χ0) is 14.5. The summed E-state index contributed by atoms with van der Waals surface area (Å²) < 4.78 is 9.55. The number of ether oxygens (including phenoxy) is 1. The maximum Gasteiger partial charge on any atom is 0.197 e. The molecular formula is C13H15Cl2N3OS. The second-order valence-electron chi connectivity index (χ2n) is 4.07. The summed E-state index contributed by atoms with van der Waals surface area (Å²) in [6, 6.07) is 5.50. The second kappa shape index (κ2) is 7.02. The molecule has 0 aliphatic heterocycles. The first-order valence-corrected chi connectivity index (χ1v) is 7.70. The molecule has 0 radical (unpaired) electrons. The van der Waals surface area contributed by atoms with E-state index in [1.54, 1.807) is 6.07 Å². The summed E-state index contributed by atoms with van der Waals surface area (Å²) >= 11 is 13.3. The van der Waals surface area contributed by atoms with Gasteiger partial charge in [0, 0.05) is 16.6 Å². The first-order chi connectivity index (χ1) is 9.61. The van der Waals surface area contributed by atoms with Crippen molar-refractivity contribution < 1.29 is 4.74 Å². The summed E-state index contributed by atoms with van der Waals surface area (Å²) in [5.41, 5.74) is 6.79. The van der Waals surface area contributed by atoms with Crippen LogP contribution in [0.3, 0.4) is 0 Å². The molecule has 0 saturated carbocycles. The van der Waals surface area contributed by atoms with Gasteiger partial charge in [0.1, 0.15) is 0 Å². The normalized spacial score (nSPS) is 10.6. The van der Waals surface area contributed by atoms with Crippen LogP contribution in [0.1, 0.15) is 12.5 Å². The monoisotopic (exact) mass is 331 g/mol. The molecule has 108 valence electrons. The molecule has 3 N–H and O–H groups in total. The van der Waals surface area contributed by atoms with Crippen molar-refractivity contribution in [3.8, 4) is 5.75 Å². The van der Waals surface area contributed by atoms with E-state index in [0.29, 0.717) is 34.8 Å². The van der Waals surface area contributed by atoms with Crippen molar-refractivity contribution in [2.24, 2.45) is 0 Å². The summed E-state index contributed by atoms with van der Waals surface area (Å²) in [5.74, 6) is 1.04. The molecule has 0 amide bonds. The summed E-state index contributed by atoms with van der Waals surface area (Å²) in [6.45, 7) is 3.18. The predicted octanol–water partition coefficient (Wildman–Crippen LogP) is 4.09. The third kappa shape index (κ3) is 3.69.